The largest absolute Gasteiger partial charge is 0.382 e. The minimum absolute atomic E-state index is 0.187. The number of nitrogen functional groups attached to an aromatic ring is 1. The lowest BCUT2D eigenvalue weighted by Gasteiger charge is -2.11. The van der Waals surface area contributed by atoms with Crippen molar-refractivity contribution in [3.8, 4) is 0 Å². The van der Waals surface area contributed by atoms with Crippen LogP contribution in [0.25, 0.3) is 0 Å². The van der Waals surface area contributed by atoms with Crippen molar-refractivity contribution in [2.45, 2.75) is 13.8 Å². The summed E-state index contributed by atoms with van der Waals surface area (Å²) in [6.07, 6.45) is 2.77. The third-order valence-electron chi connectivity index (χ3n) is 2.56. The van der Waals surface area contributed by atoms with Crippen LogP contribution in [0.15, 0.2) is 29.0 Å². The second-order valence-corrected chi connectivity index (χ2v) is 5.08. The monoisotopic (exact) mass is 320 g/mol. The Balaban J connectivity index is 2.29. The quantitative estimate of drug-likeness (QED) is 0.891. The summed E-state index contributed by atoms with van der Waals surface area (Å²) < 4.78 is 0.829. The van der Waals surface area contributed by atoms with Crippen LogP contribution in [0.3, 0.4) is 0 Å². The Morgan fingerprint density at radius 3 is 2.68 bits per heavy atom. The molecule has 0 fully saturated rings. The van der Waals surface area contributed by atoms with Gasteiger partial charge in [-0.25, -0.2) is 4.98 Å². The number of carbonyl (C=O) groups excluding carboxylic acids is 1. The Hall–Kier alpha value is -1.95. The Morgan fingerprint density at radius 2 is 2.05 bits per heavy atom. The van der Waals surface area contributed by atoms with E-state index in [1.165, 1.54) is 12.4 Å². The summed E-state index contributed by atoms with van der Waals surface area (Å²) in [5.74, 6) is -0.125. The molecule has 1 heterocycles. The van der Waals surface area contributed by atoms with Crippen molar-refractivity contribution in [2.75, 3.05) is 11.1 Å². The second kappa shape index (κ2) is 5.36. The second-order valence-electron chi connectivity index (χ2n) is 4.22. The van der Waals surface area contributed by atoms with Crippen LogP contribution in [0.2, 0.25) is 0 Å². The van der Waals surface area contributed by atoms with Gasteiger partial charge in [0.1, 0.15) is 11.5 Å². The Labute approximate surface area is 119 Å². The van der Waals surface area contributed by atoms with Crippen molar-refractivity contribution in [3.05, 3.63) is 45.8 Å². The Bertz CT molecular complexity index is 619. The highest BCUT2D eigenvalue weighted by molar-refractivity contribution is 9.10. The van der Waals surface area contributed by atoms with Gasteiger partial charge in [0.15, 0.2) is 0 Å². The van der Waals surface area contributed by atoms with Crippen LogP contribution in [0.1, 0.15) is 21.6 Å². The summed E-state index contributed by atoms with van der Waals surface area (Å²) in [7, 11) is 0. The van der Waals surface area contributed by atoms with Gasteiger partial charge in [-0.1, -0.05) is 6.07 Å². The first-order valence-electron chi connectivity index (χ1n) is 5.63. The molecular weight excluding hydrogens is 308 g/mol. The van der Waals surface area contributed by atoms with Crippen molar-refractivity contribution in [1.82, 2.24) is 9.97 Å². The lowest BCUT2D eigenvalue weighted by molar-refractivity contribution is 0.102. The molecule has 19 heavy (non-hydrogen) atoms. The van der Waals surface area contributed by atoms with Crippen molar-refractivity contribution in [3.63, 3.8) is 0 Å². The topological polar surface area (TPSA) is 80.9 Å². The van der Waals surface area contributed by atoms with E-state index in [-0.39, 0.29) is 17.4 Å². The zero-order valence-electron chi connectivity index (χ0n) is 10.6. The van der Waals surface area contributed by atoms with E-state index in [9.17, 15) is 4.79 Å². The highest BCUT2D eigenvalue weighted by atomic mass is 79.9. The van der Waals surface area contributed by atoms with E-state index >= 15 is 0 Å². The molecule has 0 bridgehead atoms. The van der Waals surface area contributed by atoms with Crippen molar-refractivity contribution in [2.24, 2.45) is 0 Å². The molecule has 0 aliphatic carbocycles. The van der Waals surface area contributed by atoms with Crippen LogP contribution in [0.5, 0.6) is 0 Å². The summed E-state index contributed by atoms with van der Waals surface area (Å²) in [4.78, 5) is 19.8. The molecule has 2 aromatic rings. The van der Waals surface area contributed by atoms with Crippen LogP contribution in [-0.4, -0.2) is 15.9 Å². The molecule has 3 N–H and O–H groups in total. The fourth-order valence-electron chi connectivity index (χ4n) is 1.74. The van der Waals surface area contributed by atoms with Gasteiger partial charge in [-0.3, -0.25) is 9.78 Å². The van der Waals surface area contributed by atoms with E-state index in [2.05, 4.69) is 31.2 Å². The molecule has 0 spiro atoms. The lowest BCUT2D eigenvalue weighted by Crippen LogP contribution is -2.16. The van der Waals surface area contributed by atoms with E-state index < -0.39 is 0 Å². The van der Waals surface area contributed by atoms with Gasteiger partial charge in [-0.05, 0) is 47.0 Å². The molecule has 2 rings (SSSR count). The maximum Gasteiger partial charge on any atom is 0.275 e. The zero-order valence-corrected chi connectivity index (χ0v) is 12.2. The smallest absolute Gasteiger partial charge is 0.275 e. The SMILES string of the molecule is Cc1cc(C)c(NC(=O)c2cncc(N)n2)c(Br)c1. The number of nitrogens with one attached hydrogen (secondary N) is 1. The van der Waals surface area contributed by atoms with Gasteiger partial charge < -0.3 is 11.1 Å². The van der Waals surface area contributed by atoms with Gasteiger partial charge in [-0.2, -0.15) is 0 Å². The summed E-state index contributed by atoms with van der Waals surface area (Å²) >= 11 is 3.44. The minimum atomic E-state index is -0.340. The average Bonchev–Trinajstić information content (AvgIpc) is 2.33. The molecule has 0 aliphatic heterocycles. The van der Waals surface area contributed by atoms with E-state index in [0.29, 0.717) is 0 Å². The van der Waals surface area contributed by atoms with Crippen LogP contribution in [0.4, 0.5) is 11.5 Å². The standard InChI is InChI=1S/C13H13BrN4O/c1-7-3-8(2)12(9(14)4-7)18-13(19)10-5-16-6-11(15)17-10/h3-6H,1-2H3,(H2,15,17)(H,18,19). The first-order chi connectivity index (χ1) is 8.97. The lowest BCUT2D eigenvalue weighted by atomic mass is 10.1. The zero-order chi connectivity index (χ0) is 14.0. The number of aryl methyl sites for hydroxylation is 2. The van der Waals surface area contributed by atoms with Crippen molar-refractivity contribution in [1.29, 1.82) is 0 Å². The highest BCUT2D eigenvalue weighted by Gasteiger charge is 2.12. The van der Waals surface area contributed by atoms with Crippen LogP contribution in [0, 0.1) is 13.8 Å². The van der Waals surface area contributed by atoms with Crippen LogP contribution in [-0.2, 0) is 0 Å². The fraction of sp³-hybridized carbons (Fsp3) is 0.154. The predicted octanol–water partition coefficient (Wildman–Crippen LogP) is 2.69. The number of anilines is 2. The normalized spacial score (nSPS) is 10.3. The molecule has 6 heteroatoms. The summed E-state index contributed by atoms with van der Waals surface area (Å²) in [5.41, 5.74) is 8.50. The molecule has 5 nitrogen and oxygen atoms in total. The molecule has 0 radical (unpaired) electrons. The maximum atomic E-state index is 12.1. The molecular formula is C13H13BrN4O. The molecule has 98 valence electrons. The van der Waals surface area contributed by atoms with Gasteiger partial charge in [0.2, 0.25) is 0 Å². The molecule has 0 aliphatic rings. The number of halogens is 1. The Morgan fingerprint density at radius 1 is 1.32 bits per heavy atom. The number of carbonyl (C=O) groups is 1. The van der Waals surface area contributed by atoms with E-state index in [0.717, 1.165) is 21.3 Å². The number of hydrogen-bond acceptors (Lipinski definition) is 4. The molecule has 1 aromatic carbocycles. The van der Waals surface area contributed by atoms with Gasteiger partial charge in [0.05, 0.1) is 18.1 Å². The molecule has 0 saturated heterocycles. The van der Waals surface area contributed by atoms with Gasteiger partial charge >= 0.3 is 0 Å². The van der Waals surface area contributed by atoms with Crippen LogP contribution < -0.4 is 11.1 Å². The first kappa shape index (κ1) is 13.5. The molecule has 1 amide bonds. The van der Waals surface area contributed by atoms with Gasteiger partial charge in [0, 0.05) is 4.47 Å². The number of nitrogens with zero attached hydrogens (tertiary/aromatic N) is 2. The van der Waals surface area contributed by atoms with E-state index in [1.807, 2.05) is 26.0 Å². The molecule has 0 atom stereocenters. The van der Waals surface area contributed by atoms with Gasteiger partial charge in [0.25, 0.3) is 5.91 Å². The third kappa shape index (κ3) is 3.08. The van der Waals surface area contributed by atoms with E-state index in [4.69, 9.17) is 5.73 Å². The van der Waals surface area contributed by atoms with E-state index in [1.54, 1.807) is 0 Å². The first-order valence-corrected chi connectivity index (χ1v) is 6.42. The number of nitrogens with two attached hydrogens (primary N) is 1. The molecule has 1 aromatic heterocycles. The Kier molecular flexibility index (Phi) is 3.80. The molecule has 0 unspecified atom stereocenters. The number of rotatable bonds is 2. The van der Waals surface area contributed by atoms with Crippen molar-refractivity contribution >= 4 is 33.3 Å². The number of benzene rings is 1. The maximum absolute atomic E-state index is 12.1. The predicted molar refractivity (Wildman–Crippen MR) is 78.0 cm³/mol. The number of amides is 1. The highest BCUT2D eigenvalue weighted by Crippen LogP contribution is 2.28. The number of hydrogen-bond donors (Lipinski definition) is 2. The van der Waals surface area contributed by atoms with Gasteiger partial charge in [-0.15, -0.1) is 0 Å². The van der Waals surface area contributed by atoms with Crippen LogP contribution >= 0.6 is 15.9 Å². The average molecular weight is 321 g/mol. The molecule has 0 saturated carbocycles. The number of aromatic nitrogens is 2. The van der Waals surface area contributed by atoms with Crippen molar-refractivity contribution < 1.29 is 4.79 Å². The fourth-order valence-corrected chi connectivity index (χ4v) is 2.51. The summed E-state index contributed by atoms with van der Waals surface area (Å²) in [5, 5.41) is 2.81. The summed E-state index contributed by atoms with van der Waals surface area (Å²) in [6.45, 7) is 3.92. The minimum Gasteiger partial charge on any atom is -0.382 e. The third-order valence-corrected chi connectivity index (χ3v) is 3.18. The summed E-state index contributed by atoms with van der Waals surface area (Å²) in [6, 6.07) is 3.93.